The zero-order chi connectivity index (χ0) is 11.0. The summed E-state index contributed by atoms with van der Waals surface area (Å²) in [5.41, 5.74) is 5.29. The molecule has 1 aromatic carbocycles. The Morgan fingerprint density at radius 2 is 2.06 bits per heavy atom. The van der Waals surface area contributed by atoms with Gasteiger partial charge in [0.1, 0.15) is 6.33 Å². The van der Waals surface area contributed by atoms with Crippen LogP contribution in [0.5, 0.6) is 0 Å². The Morgan fingerprint density at radius 1 is 1.25 bits per heavy atom. The maximum absolute atomic E-state index is 5.84. The molecule has 0 radical (unpaired) electrons. The lowest BCUT2D eigenvalue weighted by molar-refractivity contribution is 0.821. The van der Waals surface area contributed by atoms with Gasteiger partial charge >= 0.3 is 0 Å². The van der Waals surface area contributed by atoms with Crippen LogP contribution in [0.3, 0.4) is 0 Å². The fourth-order valence-electron chi connectivity index (χ4n) is 1.41. The van der Waals surface area contributed by atoms with Crippen LogP contribution in [-0.4, -0.2) is 14.9 Å². The molecule has 0 spiro atoms. The molecule has 1 aliphatic heterocycles. The predicted molar refractivity (Wildman–Crippen MR) is 64.7 cm³/mol. The minimum absolute atomic E-state index is 0.734. The van der Waals surface area contributed by atoms with Crippen molar-refractivity contribution in [3.05, 3.63) is 46.6 Å². The summed E-state index contributed by atoms with van der Waals surface area (Å²) in [4.78, 5) is 0. The monoisotopic (exact) mass is 250 g/mol. The number of rotatable bonds is 1. The van der Waals surface area contributed by atoms with Crippen molar-refractivity contribution in [2.24, 2.45) is 0 Å². The molecule has 0 fully saturated rings. The van der Waals surface area contributed by atoms with Crippen molar-refractivity contribution in [3.63, 3.8) is 0 Å². The van der Waals surface area contributed by atoms with Gasteiger partial charge in [0.05, 0.1) is 5.70 Å². The fraction of sp³-hybridized carbons (Fsp3) is 0. The van der Waals surface area contributed by atoms with E-state index in [1.165, 1.54) is 11.8 Å². The molecule has 2 heterocycles. The van der Waals surface area contributed by atoms with Crippen LogP contribution in [0.25, 0.3) is 5.70 Å². The highest BCUT2D eigenvalue weighted by molar-refractivity contribution is 8.02. The zero-order valence-electron chi connectivity index (χ0n) is 8.09. The van der Waals surface area contributed by atoms with Crippen LogP contribution >= 0.6 is 23.4 Å². The highest BCUT2D eigenvalue weighted by atomic mass is 35.5. The van der Waals surface area contributed by atoms with E-state index in [2.05, 4.69) is 15.6 Å². The van der Waals surface area contributed by atoms with E-state index < -0.39 is 0 Å². The fourth-order valence-corrected chi connectivity index (χ4v) is 2.25. The van der Waals surface area contributed by atoms with Crippen molar-refractivity contribution in [2.75, 3.05) is 5.43 Å². The molecule has 6 heteroatoms. The first-order valence-corrected chi connectivity index (χ1v) is 5.88. The van der Waals surface area contributed by atoms with Gasteiger partial charge in [-0.3, -0.25) is 5.43 Å². The van der Waals surface area contributed by atoms with Gasteiger partial charge < -0.3 is 0 Å². The van der Waals surface area contributed by atoms with E-state index in [0.29, 0.717) is 0 Å². The summed E-state index contributed by atoms with van der Waals surface area (Å²) >= 11 is 7.38. The number of nitrogens with zero attached hydrogens (tertiary/aromatic N) is 3. The zero-order valence-corrected chi connectivity index (χ0v) is 9.66. The average Bonchev–Trinajstić information content (AvgIpc) is 2.77. The lowest BCUT2D eigenvalue weighted by atomic mass is 10.2. The Labute approximate surface area is 101 Å². The van der Waals surface area contributed by atoms with E-state index >= 15 is 0 Å². The lowest BCUT2D eigenvalue weighted by Crippen LogP contribution is -2.16. The molecule has 0 saturated carbocycles. The largest absolute Gasteiger partial charge is 0.290 e. The summed E-state index contributed by atoms with van der Waals surface area (Å²) in [5, 5.41) is 11.3. The molecule has 3 rings (SSSR count). The van der Waals surface area contributed by atoms with E-state index in [1.807, 2.05) is 29.7 Å². The first-order chi connectivity index (χ1) is 7.83. The molecule has 4 nitrogen and oxygen atoms in total. The topological polar surface area (TPSA) is 42.7 Å². The number of halogens is 1. The standard InChI is InChI=1S/C10H7ClN4S/c11-8-3-1-7(2-4-8)9-5-16-10-13-12-6-15(10)14-9/h1-6,14H. The van der Waals surface area contributed by atoms with Gasteiger partial charge in [-0.25, -0.2) is 4.68 Å². The Kier molecular flexibility index (Phi) is 2.34. The Morgan fingerprint density at radius 3 is 2.88 bits per heavy atom. The van der Waals surface area contributed by atoms with Gasteiger partial charge in [-0.15, -0.1) is 10.2 Å². The number of hydrogen-bond acceptors (Lipinski definition) is 4. The van der Waals surface area contributed by atoms with Gasteiger partial charge in [-0.1, -0.05) is 35.5 Å². The second kappa shape index (κ2) is 3.84. The van der Waals surface area contributed by atoms with Crippen LogP contribution in [-0.2, 0) is 0 Å². The van der Waals surface area contributed by atoms with Gasteiger partial charge in [-0.2, -0.15) is 0 Å². The smallest absolute Gasteiger partial charge is 0.214 e. The molecule has 0 saturated heterocycles. The van der Waals surface area contributed by atoms with Crippen molar-refractivity contribution < 1.29 is 0 Å². The highest BCUT2D eigenvalue weighted by Gasteiger charge is 2.12. The van der Waals surface area contributed by atoms with Crippen molar-refractivity contribution in [3.8, 4) is 0 Å². The third-order valence-electron chi connectivity index (χ3n) is 2.19. The Balaban J connectivity index is 1.92. The molecule has 16 heavy (non-hydrogen) atoms. The summed E-state index contributed by atoms with van der Waals surface area (Å²) in [7, 11) is 0. The van der Waals surface area contributed by atoms with E-state index in [-0.39, 0.29) is 0 Å². The van der Waals surface area contributed by atoms with Crippen molar-refractivity contribution >= 4 is 29.1 Å². The van der Waals surface area contributed by atoms with Gasteiger partial charge in [0, 0.05) is 16.0 Å². The van der Waals surface area contributed by atoms with Gasteiger partial charge in [0.25, 0.3) is 0 Å². The molecule has 0 amide bonds. The molecule has 80 valence electrons. The normalized spacial score (nSPS) is 13.9. The summed E-state index contributed by atoms with van der Waals surface area (Å²) in [6, 6.07) is 7.67. The van der Waals surface area contributed by atoms with E-state index in [0.717, 1.165) is 21.4 Å². The van der Waals surface area contributed by atoms with Gasteiger partial charge in [0.15, 0.2) is 0 Å². The Bertz CT molecular complexity index is 546. The van der Waals surface area contributed by atoms with E-state index in [1.54, 1.807) is 11.0 Å². The SMILES string of the molecule is Clc1ccc(C2=CSc3nncn3N2)cc1. The highest BCUT2D eigenvalue weighted by Crippen LogP contribution is 2.27. The molecular weight excluding hydrogens is 244 g/mol. The number of aromatic nitrogens is 3. The van der Waals surface area contributed by atoms with Crippen LogP contribution in [0.1, 0.15) is 5.56 Å². The molecule has 0 bridgehead atoms. The van der Waals surface area contributed by atoms with E-state index in [4.69, 9.17) is 11.6 Å². The summed E-state index contributed by atoms with van der Waals surface area (Å²) in [6.07, 6.45) is 1.64. The molecule has 0 unspecified atom stereocenters. The van der Waals surface area contributed by atoms with Crippen molar-refractivity contribution in [1.82, 2.24) is 14.9 Å². The first kappa shape index (κ1) is 9.74. The summed E-state index contributed by atoms with van der Waals surface area (Å²) in [6.45, 7) is 0. The van der Waals surface area contributed by atoms with Crippen molar-refractivity contribution in [2.45, 2.75) is 5.16 Å². The van der Waals surface area contributed by atoms with Crippen LogP contribution in [0, 0.1) is 0 Å². The summed E-state index contributed by atoms with van der Waals surface area (Å²) < 4.78 is 1.79. The second-order valence-corrected chi connectivity index (χ2v) is 4.52. The number of hydrogen-bond donors (Lipinski definition) is 1. The number of nitrogens with one attached hydrogen (secondary N) is 1. The van der Waals surface area contributed by atoms with E-state index in [9.17, 15) is 0 Å². The predicted octanol–water partition coefficient (Wildman–Crippen LogP) is 2.58. The van der Waals surface area contributed by atoms with Crippen molar-refractivity contribution in [1.29, 1.82) is 0 Å². The Hall–Kier alpha value is -1.46. The average molecular weight is 251 g/mol. The molecule has 1 N–H and O–H groups in total. The number of thioether (sulfide) groups is 1. The maximum Gasteiger partial charge on any atom is 0.214 e. The van der Waals surface area contributed by atoms with Crippen LogP contribution in [0.15, 0.2) is 41.2 Å². The quantitative estimate of drug-likeness (QED) is 0.845. The minimum atomic E-state index is 0.734. The lowest BCUT2D eigenvalue weighted by Gasteiger charge is -2.16. The number of benzene rings is 1. The third-order valence-corrected chi connectivity index (χ3v) is 3.29. The third kappa shape index (κ3) is 1.68. The van der Waals surface area contributed by atoms with Crippen LogP contribution in [0.4, 0.5) is 0 Å². The maximum atomic E-state index is 5.84. The van der Waals surface area contributed by atoms with Gasteiger partial charge in [-0.05, 0) is 12.1 Å². The molecule has 1 aliphatic rings. The first-order valence-electron chi connectivity index (χ1n) is 4.63. The molecule has 0 atom stereocenters. The molecule has 2 aromatic rings. The summed E-state index contributed by atoms with van der Waals surface area (Å²) in [5.74, 6) is 0. The van der Waals surface area contributed by atoms with Crippen LogP contribution < -0.4 is 5.43 Å². The number of fused-ring (bicyclic) bond motifs is 1. The molecular formula is C10H7ClN4S. The minimum Gasteiger partial charge on any atom is -0.290 e. The van der Waals surface area contributed by atoms with Crippen LogP contribution in [0.2, 0.25) is 5.02 Å². The second-order valence-electron chi connectivity index (χ2n) is 3.25. The molecule has 0 aliphatic carbocycles. The van der Waals surface area contributed by atoms with Gasteiger partial charge in [0.2, 0.25) is 5.16 Å². The molecule has 1 aromatic heterocycles.